The van der Waals surface area contributed by atoms with Crippen LogP contribution in [-0.4, -0.2) is 59.9 Å². The molecule has 0 aliphatic carbocycles. The van der Waals surface area contributed by atoms with Gasteiger partial charge in [-0.2, -0.15) is 0 Å². The normalized spacial score (nSPS) is 14.4. The Labute approximate surface area is 295 Å². The molecule has 0 fully saturated rings. The van der Waals surface area contributed by atoms with Crippen molar-refractivity contribution in [1.82, 2.24) is 0 Å². The minimum Gasteiger partial charge on any atom is -0.480 e. The molecule has 49 heavy (non-hydrogen) atoms. The van der Waals surface area contributed by atoms with Crippen LogP contribution in [0.15, 0.2) is 36.5 Å². The fraction of sp³-hybridized carbons (Fsp3) is 0.757. The maximum atomic E-state index is 12.5. The van der Waals surface area contributed by atoms with Crippen molar-refractivity contribution in [2.24, 2.45) is 5.73 Å². The van der Waals surface area contributed by atoms with E-state index in [9.17, 15) is 23.8 Å². The highest BCUT2D eigenvalue weighted by atomic mass is 31.2. The minimum atomic E-state index is -4.71. The van der Waals surface area contributed by atoms with Crippen LogP contribution >= 0.6 is 7.82 Å². The zero-order valence-electron chi connectivity index (χ0n) is 30.3. The Hall–Kier alpha value is -2.30. The standard InChI is InChI=1S/C37H66NO10P/c1-3-5-7-9-11-13-15-17-19-21-23-25-27-29-36(40)48-33(31-46-49(43,44)47-32-34(38)37(41)42)30-45-35(39)28-26-24-22-20-18-16-14-12-10-8-6-4-2/h7,9,12-15,33-34H,3-6,8,10-11,16-32,38H2,1-2H3,(H,41,42)(H,43,44)/b9-7-,14-12-,15-13-. The third-order valence-corrected chi connectivity index (χ3v) is 8.54. The molecule has 3 atom stereocenters. The molecule has 284 valence electrons. The molecule has 0 heterocycles. The summed E-state index contributed by atoms with van der Waals surface area (Å²) in [6.07, 6.45) is 32.2. The zero-order valence-corrected chi connectivity index (χ0v) is 31.2. The molecule has 0 rings (SSSR count). The smallest absolute Gasteiger partial charge is 0.472 e. The van der Waals surface area contributed by atoms with Gasteiger partial charge < -0.3 is 25.2 Å². The molecule has 0 aromatic heterocycles. The van der Waals surface area contributed by atoms with Gasteiger partial charge >= 0.3 is 25.7 Å². The summed E-state index contributed by atoms with van der Waals surface area (Å²) in [4.78, 5) is 45.7. The molecule has 0 bridgehead atoms. The van der Waals surface area contributed by atoms with E-state index >= 15 is 0 Å². The quantitative estimate of drug-likeness (QED) is 0.0251. The van der Waals surface area contributed by atoms with Crippen molar-refractivity contribution in [2.75, 3.05) is 19.8 Å². The van der Waals surface area contributed by atoms with Gasteiger partial charge in [0, 0.05) is 12.8 Å². The number of ether oxygens (including phenoxy) is 2. The molecular formula is C37H66NO10P. The number of rotatable bonds is 34. The Balaban J connectivity index is 4.50. The van der Waals surface area contributed by atoms with Crippen LogP contribution in [0.2, 0.25) is 0 Å². The van der Waals surface area contributed by atoms with E-state index in [1.54, 1.807) is 0 Å². The Kier molecular flexibility index (Phi) is 31.3. The van der Waals surface area contributed by atoms with Crippen LogP contribution in [0.3, 0.4) is 0 Å². The number of carboxylic acid groups (broad SMARTS) is 1. The highest BCUT2D eigenvalue weighted by molar-refractivity contribution is 7.47. The number of carboxylic acids is 1. The summed E-state index contributed by atoms with van der Waals surface area (Å²) < 4.78 is 32.5. The van der Waals surface area contributed by atoms with E-state index in [4.69, 9.17) is 24.8 Å². The van der Waals surface area contributed by atoms with Crippen molar-refractivity contribution in [3.63, 3.8) is 0 Å². The molecule has 4 N–H and O–H groups in total. The van der Waals surface area contributed by atoms with Gasteiger partial charge in [0.25, 0.3) is 0 Å². The molecule has 12 heteroatoms. The molecule has 0 aliphatic rings. The van der Waals surface area contributed by atoms with Crippen LogP contribution in [0.5, 0.6) is 0 Å². The first-order valence-corrected chi connectivity index (χ1v) is 20.0. The van der Waals surface area contributed by atoms with Gasteiger partial charge in [-0.25, -0.2) is 4.57 Å². The van der Waals surface area contributed by atoms with Crippen molar-refractivity contribution in [2.45, 2.75) is 161 Å². The van der Waals surface area contributed by atoms with Gasteiger partial charge in [-0.15, -0.1) is 0 Å². The number of carbonyl (C=O) groups excluding carboxylic acids is 2. The summed E-state index contributed by atoms with van der Waals surface area (Å²) in [5.41, 5.74) is 5.31. The number of hydrogen-bond donors (Lipinski definition) is 3. The minimum absolute atomic E-state index is 0.143. The van der Waals surface area contributed by atoms with Crippen LogP contribution in [-0.2, 0) is 37.5 Å². The highest BCUT2D eigenvalue weighted by Gasteiger charge is 2.28. The molecular weight excluding hydrogens is 649 g/mol. The van der Waals surface area contributed by atoms with Crippen LogP contribution in [0.4, 0.5) is 0 Å². The molecule has 3 unspecified atom stereocenters. The van der Waals surface area contributed by atoms with E-state index in [-0.39, 0.29) is 19.4 Å². The third kappa shape index (κ3) is 32.7. The van der Waals surface area contributed by atoms with Crippen LogP contribution < -0.4 is 5.73 Å². The van der Waals surface area contributed by atoms with Gasteiger partial charge in [0.05, 0.1) is 13.2 Å². The number of aliphatic carboxylic acids is 1. The number of esters is 2. The molecule has 0 aromatic carbocycles. The third-order valence-electron chi connectivity index (χ3n) is 7.59. The zero-order chi connectivity index (χ0) is 36.4. The summed E-state index contributed by atoms with van der Waals surface area (Å²) in [6.45, 7) is 2.66. The van der Waals surface area contributed by atoms with Crippen LogP contribution in [0.1, 0.15) is 149 Å². The van der Waals surface area contributed by atoms with Gasteiger partial charge in [0.2, 0.25) is 0 Å². The lowest BCUT2D eigenvalue weighted by Gasteiger charge is -2.20. The SMILES string of the molecule is CCC/C=C\C/C=C\CCCCCCCC(=O)OC(COC(=O)CCCCCCC/C=C\CCCCC)COP(=O)(O)OCC(N)C(=O)O. The molecule has 0 aliphatic heterocycles. The van der Waals surface area contributed by atoms with E-state index in [0.29, 0.717) is 12.8 Å². The fourth-order valence-electron chi connectivity index (χ4n) is 4.62. The number of allylic oxidation sites excluding steroid dienone is 6. The van der Waals surface area contributed by atoms with E-state index < -0.39 is 51.1 Å². The van der Waals surface area contributed by atoms with Gasteiger partial charge in [0.15, 0.2) is 6.10 Å². The van der Waals surface area contributed by atoms with Gasteiger partial charge in [-0.1, -0.05) is 108 Å². The largest absolute Gasteiger partial charge is 0.480 e. The van der Waals surface area contributed by atoms with Crippen molar-refractivity contribution in [3.05, 3.63) is 36.5 Å². The molecule has 11 nitrogen and oxygen atoms in total. The van der Waals surface area contributed by atoms with Crippen LogP contribution in [0.25, 0.3) is 0 Å². The predicted octanol–water partition coefficient (Wildman–Crippen LogP) is 8.89. The van der Waals surface area contributed by atoms with Gasteiger partial charge in [-0.05, 0) is 64.2 Å². The second-order valence-electron chi connectivity index (χ2n) is 12.3. The molecule has 0 spiro atoms. The number of phosphoric ester groups is 1. The second-order valence-corrected chi connectivity index (χ2v) is 13.8. The summed E-state index contributed by atoms with van der Waals surface area (Å²) in [7, 11) is -4.71. The number of phosphoric acid groups is 1. The highest BCUT2D eigenvalue weighted by Crippen LogP contribution is 2.43. The summed E-state index contributed by atoms with van der Waals surface area (Å²) in [6, 6.07) is -1.52. The first-order valence-electron chi connectivity index (χ1n) is 18.5. The maximum Gasteiger partial charge on any atom is 0.472 e. The van der Waals surface area contributed by atoms with Gasteiger partial charge in [-0.3, -0.25) is 23.4 Å². The lowest BCUT2D eigenvalue weighted by Crippen LogP contribution is -2.34. The van der Waals surface area contributed by atoms with E-state index in [0.717, 1.165) is 89.9 Å². The number of unbranched alkanes of at least 4 members (excludes halogenated alkanes) is 14. The topological polar surface area (TPSA) is 172 Å². The van der Waals surface area contributed by atoms with E-state index in [2.05, 4.69) is 54.8 Å². The lowest BCUT2D eigenvalue weighted by molar-refractivity contribution is -0.161. The Morgan fingerprint density at radius 2 is 1.12 bits per heavy atom. The predicted molar refractivity (Wildman–Crippen MR) is 194 cm³/mol. The molecule has 0 radical (unpaired) electrons. The van der Waals surface area contributed by atoms with E-state index in [1.807, 2.05) is 0 Å². The molecule has 0 saturated heterocycles. The number of nitrogens with two attached hydrogens (primary N) is 1. The van der Waals surface area contributed by atoms with Crippen molar-refractivity contribution < 1.29 is 47.5 Å². The first kappa shape index (κ1) is 46.7. The Morgan fingerprint density at radius 3 is 1.69 bits per heavy atom. The molecule has 0 aromatic rings. The van der Waals surface area contributed by atoms with Crippen LogP contribution in [0, 0.1) is 0 Å². The Morgan fingerprint density at radius 1 is 0.633 bits per heavy atom. The molecule has 0 amide bonds. The van der Waals surface area contributed by atoms with Crippen molar-refractivity contribution >= 4 is 25.7 Å². The average Bonchev–Trinajstić information content (AvgIpc) is 3.07. The Bertz CT molecular complexity index is 984. The van der Waals surface area contributed by atoms with Gasteiger partial charge in [0.1, 0.15) is 12.6 Å². The van der Waals surface area contributed by atoms with Crippen molar-refractivity contribution in [3.8, 4) is 0 Å². The summed E-state index contributed by atoms with van der Waals surface area (Å²) in [5, 5.41) is 8.85. The lowest BCUT2D eigenvalue weighted by atomic mass is 10.1. The first-order chi connectivity index (χ1) is 23.6. The fourth-order valence-corrected chi connectivity index (χ4v) is 5.40. The monoisotopic (exact) mass is 715 g/mol. The van der Waals surface area contributed by atoms with E-state index in [1.165, 1.54) is 19.3 Å². The summed E-state index contributed by atoms with van der Waals surface area (Å²) in [5.74, 6) is -2.41. The average molecular weight is 716 g/mol. The second kappa shape index (κ2) is 32.9. The maximum absolute atomic E-state index is 12.5. The number of hydrogen-bond acceptors (Lipinski definition) is 9. The molecule has 0 saturated carbocycles. The van der Waals surface area contributed by atoms with Crippen molar-refractivity contribution in [1.29, 1.82) is 0 Å². The summed E-state index contributed by atoms with van der Waals surface area (Å²) >= 11 is 0. The number of carbonyl (C=O) groups is 3.